The van der Waals surface area contributed by atoms with E-state index in [2.05, 4.69) is 34.3 Å². The number of urea groups is 1. The lowest BCUT2D eigenvalue weighted by atomic mass is 9.98. The van der Waals surface area contributed by atoms with Gasteiger partial charge in [0.25, 0.3) is 0 Å². The van der Waals surface area contributed by atoms with E-state index in [1.807, 2.05) is 90.8 Å². The third kappa shape index (κ3) is 5.64. The molecule has 0 unspecified atom stereocenters. The molecule has 2 aliphatic heterocycles. The summed E-state index contributed by atoms with van der Waals surface area (Å²) in [6.07, 6.45) is -0.111. The summed E-state index contributed by atoms with van der Waals surface area (Å²) in [5, 5.41) is 9.83. The van der Waals surface area contributed by atoms with Gasteiger partial charge in [-0.3, -0.25) is 15.0 Å². The Balaban J connectivity index is 1.26. The number of rotatable bonds is 8. The van der Waals surface area contributed by atoms with Crippen LogP contribution in [0, 0.1) is 0 Å². The smallest absolute Gasteiger partial charge is 0.329 e. The Labute approximate surface area is 245 Å². The number of benzene rings is 4. The second-order valence-electron chi connectivity index (χ2n) is 10.7. The SMILES string of the molecule is CNc1ccc(C[C@H]2C(=O)N(Cc3cccc4ccccc34)C[C@@H]3N(NC(=O)NCc4ccccc4)CC(=O)N32)cc1. The third-order valence-electron chi connectivity index (χ3n) is 8.04. The summed E-state index contributed by atoms with van der Waals surface area (Å²) in [6, 6.07) is 30.7. The number of carbonyl (C=O) groups excluding carboxylic acids is 3. The zero-order valence-electron chi connectivity index (χ0n) is 23.5. The minimum absolute atomic E-state index is 0.00595. The highest BCUT2D eigenvalue weighted by molar-refractivity contribution is 5.92. The van der Waals surface area contributed by atoms with Gasteiger partial charge >= 0.3 is 6.03 Å². The number of carbonyl (C=O) groups is 3. The van der Waals surface area contributed by atoms with Crippen LogP contribution in [-0.4, -0.2) is 65.0 Å². The van der Waals surface area contributed by atoms with E-state index in [-0.39, 0.29) is 24.9 Å². The molecule has 0 radical (unpaired) electrons. The van der Waals surface area contributed by atoms with E-state index >= 15 is 0 Å². The predicted molar refractivity (Wildman–Crippen MR) is 162 cm³/mol. The van der Waals surface area contributed by atoms with Gasteiger partial charge in [0.05, 0.1) is 13.1 Å². The zero-order valence-corrected chi connectivity index (χ0v) is 23.5. The maximum absolute atomic E-state index is 14.1. The number of nitrogens with one attached hydrogen (secondary N) is 3. The van der Waals surface area contributed by atoms with Gasteiger partial charge < -0.3 is 20.4 Å². The molecule has 9 nitrogen and oxygen atoms in total. The van der Waals surface area contributed by atoms with Gasteiger partial charge in [0.1, 0.15) is 12.2 Å². The number of anilines is 1. The number of amides is 4. The average Bonchev–Trinajstić information content (AvgIpc) is 3.32. The van der Waals surface area contributed by atoms with Crippen LogP contribution in [0.15, 0.2) is 97.1 Å². The van der Waals surface area contributed by atoms with Crippen LogP contribution in [0.1, 0.15) is 16.7 Å². The summed E-state index contributed by atoms with van der Waals surface area (Å²) in [7, 11) is 1.86. The lowest BCUT2D eigenvalue weighted by molar-refractivity contribution is -0.154. The molecule has 4 amide bonds. The maximum atomic E-state index is 14.1. The van der Waals surface area contributed by atoms with Crippen molar-refractivity contribution in [1.29, 1.82) is 0 Å². The molecule has 2 fully saturated rings. The van der Waals surface area contributed by atoms with E-state index in [0.717, 1.165) is 33.2 Å². The maximum Gasteiger partial charge on any atom is 0.329 e. The molecule has 214 valence electrons. The summed E-state index contributed by atoms with van der Waals surface area (Å²) in [6.45, 7) is 1.04. The Kier molecular flexibility index (Phi) is 7.74. The average molecular weight is 563 g/mol. The molecular weight excluding hydrogens is 528 g/mol. The molecular formula is C33H34N6O3. The van der Waals surface area contributed by atoms with Gasteiger partial charge in [-0.25, -0.2) is 4.79 Å². The second kappa shape index (κ2) is 11.9. The van der Waals surface area contributed by atoms with Crippen LogP contribution < -0.4 is 16.1 Å². The van der Waals surface area contributed by atoms with Crippen LogP contribution in [0.25, 0.3) is 10.8 Å². The molecule has 0 spiro atoms. The first kappa shape index (κ1) is 27.3. The van der Waals surface area contributed by atoms with Crippen molar-refractivity contribution in [3.63, 3.8) is 0 Å². The highest BCUT2D eigenvalue weighted by Crippen LogP contribution is 2.29. The van der Waals surface area contributed by atoms with Gasteiger partial charge in [-0.2, -0.15) is 5.01 Å². The molecule has 2 atom stereocenters. The standard InChI is InChI=1S/C33H34N6O3/c1-34-27-16-14-23(15-17-27)18-29-32(41)37(20-26-12-7-11-25-10-5-6-13-28(25)26)21-30-38(22-31(40)39(29)30)36-33(42)35-19-24-8-3-2-4-9-24/h2-17,29-30,34H,18-22H2,1H3,(H2,35,36,42)/t29-,30+/m0/s1. The second-order valence-corrected chi connectivity index (χ2v) is 10.7. The first-order valence-electron chi connectivity index (χ1n) is 14.2. The molecule has 0 saturated carbocycles. The van der Waals surface area contributed by atoms with Gasteiger partial charge in [-0.05, 0) is 39.6 Å². The lowest BCUT2D eigenvalue weighted by Crippen LogP contribution is -2.65. The Morgan fingerprint density at radius 2 is 1.60 bits per heavy atom. The monoisotopic (exact) mass is 562 g/mol. The van der Waals surface area contributed by atoms with Gasteiger partial charge in [0.2, 0.25) is 11.8 Å². The minimum atomic E-state index is -0.689. The topological polar surface area (TPSA) is 97.0 Å². The van der Waals surface area contributed by atoms with Crippen LogP contribution >= 0.6 is 0 Å². The van der Waals surface area contributed by atoms with Crippen LogP contribution in [0.4, 0.5) is 10.5 Å². The van der Waals surface area contributed by atoms with Crippen LogP contribution in [-0.2, 0) is 29.1 Å². The highest BCUT2D eigenvalue weighted by Gasteiger charge is 2.50. The predicted octanol–water partition coefficient (Wildman–Crippen LogP) is 3.72. The molecule has 2 heterocycles. The minimum Gasteiger partial charge on any atom is -0.388 e. The lowest BCUT2D eigenvalue weighted by Gasteiger charge is -2.44. The first-order valence-corrected chi connectivity index (χ1v) is 14.2. The Morgan fingerprint density at radius 1 is 0.857 bits per heavy atom. The summed E-state index contributed by atoms with van der Waals surface area (Å²) >= 11 is 0. The zero-order chi connectivity index (χ0) is 29.1. The molecule has 3 N–H and O–H groups in total. The van der Waals surface area contributed by atoms with E-state index in [0.29, 0.717) is 19.5 Å². The largest absolute Gasteiger partial charge is 0.388 e. The molecule has 2 aliphatic rings. The van der Waals surface area contributed by atoms with E-state index in [9.17, 15) is 14.4 Å². The van der Waals surface area contributed by atoms with Gasteiger partial charge in [-0.1, -0.05) is 84.9 Å². The van der Waals surface area contributed by atoms with Crippen molar-refractivity contribution in [2.75, 3.05) is 25.5 Å². The molecule has 4 aromatic rings. The van der Waals surface area contributed by atoms with Crippen molar-refractivity contribution in [2.24, 2.45) is 0 Å². The quantitative estimate of drug-likeness (QED) is 0.304. The van der Waals surface area contributed by atoms with Crippen molar-refractivity contribution in [1.82, 2.24) is 25.6 Å². The van der Waals surface area contributed by atoms with Crippen LogP contribution in [0.5, 0.6) is 0 Å². The van der Waals surface area contributed by atoms with Gasteiger partial charge in [0.15, 0.2) is 0 Å². The number of hydrogen-bond acceptors (Lipinski definition) is 5. The van der Waals surface area contributed by atoms with E-state index < -0.39 is 18.2 Å². The fraction of sp³-hybridized carbons (Fsp3) is 0.242. The van der Waals surface area contributed by atoms with Gasteiger partial charge in [-0.15, -0.1) is 0 Å². The number of nitrogens with zero attached hydrogens (tertiary/aromatic N) is 3. The number of hydrogen-bond donors (Lipinski definition) is 3. The molecule has 0 aromatic heterocycles. The van der Waals surface area contributed by atoms with Crippen molar-refractivity contribution < 1.29 is 14.4 Å². The highest BCUT2D eigenvalue weighted by atomic mass is 16.2. The molecule has 42 heavy (non-hydrogen) atoms. The van der Waals surface area contributed by atoms with Crippen molar-refractivity contribution >= 4 is 34.3 Å². The van der Waals surface area contributed by atoms with Crippen LogP contribution in [0.2, 0.25) is 0 Å². The van der Waals surface area contributed by atoms with E-state index in [4.69, 9.17) is 0 Å². The van der Waals surface area contributed by atoms with Gasteiger partial charge in [0, 0.05) is 32.2 Å². The molecule has 2 saturated heterocycles. The van der Waals surface area contributed by atoms with Crippen molar-refractivity contribution in [3.8, 4) is 0 Å². The molecule has 9 heteroatoms. The third-order valence-corrected chi connectivity index (χ3v) is 8.04. The fourth-order valence-electron chi connectivity index (χ4n) is 5.89. The summed E-state index contributed by atoms with van der Waals surface area (Å²) < 4.78 is 0. The molecule has 4 aromatic carbocycles. The molecule has 0 bridgehead atoms. The Morgan fingerprint density at radius 3 is 2.38 bits per heavy atom. The van der Waals surface area contributed by atoms with Crippen LogP contribution in [0.3, 0.4) is 0 Å². The van der Waals surface area contributed by atoms with E-state index in [1.54, 1.807) is 9.91 Å². The van der Waals surface area contributed by atoms with E-state index in [1.165, 1.54) is 0 Å². The summed E-state index contributed by atoms with van der Waals surface area (Å²) in [5.41, 5.74) is 6.82. The van der Waals surface area contributed by atoms with Crippen molar-refractivity contribution in [2.45, 2.75) is 31.7 Å². The Hall–Kier alpha value is -4.89. The normalized spacial score (nSPS) is 18.7. The molecule has 6 rings (SSSR count). The first-order chi connectivity index (χ1) is 20.5. The summed E-state index contributed by atoms with van der Waals surface area (Å²) in [5.74, 6) is -0.279. The molecule has 0 aliphatic carbocycles. The number of hydrazine groups is 1. The van der Waals surface area contributed by atoms with Crippen molar-refractivity contribution in [3.05, 3.63) is 114 Å². The number of piperazine rings is 1. The summed E-state index contributed by atoms with van der Waals surface area (Å²) in [4.78, 5) is 43.8. The Bertz CT molecular complexity index is 1590. The number of fused-ring (bicyclic) bond motifs is 2. The fourth-order valence-corrected chi connectivity index (χ4v) is 5.89.